The van der Waals surface area contributed by atoms with Crippen LogP contribution < -0.4 is 0 Å². The van der Waals surface area contributed by atoms with Crippen LogP contribution in [0.1, 0.15) is 34.9 Å². The van der Waals surface area contributed by atoms with Crippen LogP contribution >= 0.6 is 27.3 Å². The zero-order chi connectivity index (χ0) is 14.2. The topological polar surface area (TPSA) is 41.9 Å². The molecule has 1 aliphatic heterocycles. The highest BCUT2D eigenvalue weighted by Gasteiger charge is 2.24. The van der Waals surface area contributed by atoms with Gasteiger partial charge in [-0.2, -0.15) is 0 Å². The van der Waals surface area contributed by atoms with E-state index in [9.17, 15) is 0 Å². The van der Waals surface area contributed by atoms with Gasteiger partial charge < -0.3 is 0 Å². The lowest BCUT2D eigenvalue weighted by Crippen LogP contribution is -2.31. The maximum Gasteiger partial charge on any atom is 0.128 e. The summed E-state index contributed by atoms with van der Waals surface area (Å²) in [5.41, 5.74) is 2.55. The van der Waals surface area contributed by atoms with Crippen LogP contribution in [0.25, 0.3) is 0 Å². The summed E-state index contributed by atoms with van der Waals surface area (Å²) in [7, 11) is 0. The fraction of sp³-hybridized carbons (Fsp3) is 0.533. The van der Waals surface area contributed by atoms with E-state index in [0.717, 1.165) is 53.8 Å². The predicted molar refractivity (Wildman–Crippen MR) is 86.1 cm³/mol. The molecule has 4 nitrogen and oxygen atoms in total. The molecule has 21 heavy (non-hydrogen) atoms. The second-order valence-electron chi connectivity index (χ2n) is 5.93. The lowest BCUT2D eigenvalue weighted by atomic mass is 10.1. The summed E-state index contributed by atoms with van der Waals surface area (Å²) in [5.74, 6) is 1.88. The second-order valence-corrected chi connectivity index (χ2v) is 7.69. The molecule has 2 aromatic rings. The minimum atomic E-state index is 0.843. The molecule has 0 atom stereocenters. The maximum absolute atomic E-state index is 4.81. The van der Waals surface area contributed by atoms with Crippen LogP contribution in [-0.2, 0) is 25.9 Å². The molecule has 0 N–H and O–H groups in total. The van der Waals surface area contributed by atoms with E-state index in [1.165, 1.54) is 24.1 Å². The summed E-state index contributed by atoms with van der Waals surface area (Å²) in [6.07, 6.45) is 6.87. The molecule has 1 saturated carbocycles. The van der Waals surface area contributed by atoms with Crippen LogP contribution in [-0.4, -0.2) is 26.4 Å². The normalized spacial score (nSPS) is 18.7. The Bertz CT molecular complexity index is 653. The monoisotopic (exact) mass is 364 g/mol. The first-order valence-corrected chi connectivity index (χ1v) is 9.09. The van der Waals surface area contributed by atoms with Gasteiger partial charge in [0.25, 0.3) is 0 Å². The van der Waals surface area contributed by atoms with Gasteiger partial charge in [0.1, 0.15) is 15.4 Å². The van der Waals surface area contributed by atoms with E-state index in [1.54, 1.807) is 11.3 Å². The fourth-order valence-electron chi connectivity index (χ4n) is 2.76. The molecular weight excluding hydrogens is 348 g/mol. The maximum atomic E-state index is 4.81. The zero-order valence-corrected chi connectivity index (χ0v) is 14.2. The van der Waals surface area contributed by atoms with Gasteiger partial charge in [-0.15, -0.1) is 11.3 Å². The van der Waals surface area contributed by atoms with Crippen molar-refractivity contribution in [1.82, 2.24) is 19.9 Å². The number of fused-ring (bicyclic) bond motifs is 1. The van der Waals surface area contributed by atoms with E-state index in [1.807, 2.05) is 5.38 Å². The van der Waals surface area contributed by atoms with Crippen LogP contribution in [0.5, 0.6) is 0 Å². The average molecular weight is 365 g/mol. The Labute approximate surface area is 136 Å². The van der Waals surface area contributed by atoms with E-state index in [4.69, 9.17) is 4.98 Å². The first-order chi connectivity index (χ1) is 10.3. The van der Waals surface area contributed by atoms with Crippen molar-refractivity contribution in [2.24, 2.45) is 5.92 Å². The molecule has 1 fully saturated rings. The first-order valence-electron chi connectivity index (χ1n) is 7.42. The number of aromatic nitrogens is 3. The molecule has 0 amide bonds. The molecule has 3 heterocycles. The Morgan fingerprint density at radius 3 is 3.00 bits per heavy atom. The van der Waals surface area contributed by atoms with Gasteiger partial charge in [0.05, 0.1) is 12.2 Å². The predicted octanol–water partition coefficient (Wildman–Crippen LogP) is 3.21. The van der Waals surface area contributed by atoms with E-state index < -0.39 is 0 Å². The van der Waals surface area contributed by atoms with Gasteiger partial charge in [-0.3, -0.25) is 4.90 Å². The first kappa shape index (κ1) is 13.8. The summed E-state index contributed by atoms with van der Waals surface area (Å²) in [6.45, 7) is 2.90. The molecular formula is C15H17BrN4S. The second kappa shape index (κ2) is 5.74. The smallest absolute Gasteiger partial charge is 0.128 e. The third-order valence-electron chi connectivity index (χ3n) is 4.13. The zero-order valence-electron chi connectivity index (χ0n) is 11.8. The Balaban J connectivity index is 1.47. The van der Waals surface area contributed by atoms with Crippen molar-refractivity contribution in [2.45, 2.75) is 38.8 Å². The molecule has 0 unspecified atom stereocenters. The molecule has 110 valence electrons. The van der Waals surface area contributed by atoms with Crippen LogP contribution in [0.2, 0.25) is 0 Å². The van der Waals surface area contributed by atoms with Gasteiger partial charge in [0.2, 0.25) is 0 Å². The quantitative estimate of drug-likeness (QED) is 0.835. The van der Waals surface area contributed by atoms with E-state index in [-0.39, 0.29) is 0 Å². The highest BCUT2D eigenvalue weighted by molar-refractivity contribution is 9.10. The number of hydrogen-bond acceptors (Lipinski definition) is 5. The standard InChI is InChI=1S/C15H17BrN4S/c16-13-9-21-15(19-13)8-20-4-3-11-6-17-14(5-10-1-2-10)18-12(11)7-20/h6,9-10H,1-5,7-8H2. The van der Waals surface area contributed by atoms with Gasteiger partial charge in [-0.05, 0) is 46.7 Å². The summed E-state index contributed by atoms with van der Waals surface area (Å²) in [4.78, 5) is 16.3. The van der Waals surface area contributed by atoms with Crippen LogP contribution in [0.4, 0.5) is 0 Å². The largest absolute Gasteiger partial charge is 0.290 e. The average Bonchev–Trinajstić information content (AvgIpc) is 3.20. The van der Waals surface area contributed by atoms with E-state index in [2.05, 4.69) is 37.0 Å². The van der Waals surface area contributed by atoms with Gasteiger partial charge in [-0.1, -0.05) is 0 Å². The molecule has 0 aromatic carbocycles. The lowest BCUT2D eigenvalue weighted by molar-refractivity contribution is 0.240. The van der Waals surface area contributed by atoms with Crippen molar-refractivity contribution < 1.29 is 0 Å². The summed E-state index contributed by atoms with van der Waals surface area (Å²) in [5, 5.41) is 3.21. The minimum Gasteiger partial charge on any atom is -0.290 e. The SMILES string of the molecule is Brc1csc(CN2CCc3cnc(CC4CC4)nc3C2)n1. The molecule has 0 radical (unpaired) electrons. The molecule has 2 aromatic heterocycles. The van der Waals surface area contributed by atoms with Crippen molar-refractivity contribution >= 4 is 27.3 Å². The number of thiazole rings is 1. The van der Waals surface area contributed by atoms with Gasteiger partial charge >= 0.3 is 0 Å². The Kier molecular flexibility index (Phi) is 3.77. The number of halogens is 1. The molecule has 6 heteroatoms. The Morgan fingerprint density at radius 1 is 1.33 bits per heavy atom. The Morgan fingerprint density at radius 2 is 2.24 bits per heavy atom. The summed E-state index contributed by atoms with van der Waals surface area (Å²) < 4.78 is 0.939. The molecule has 4 rings (SSSR count). The number of hydrogen-bond donors (Lipinski definition) is 0. The Hall–Kier alpha value is -0.850. The molecule has 0 saturated heterocycles. The highest BCUT2D eigenvalue weighted by Crippen LogP contribution is 2.32. The van der Waals surface area contributed by atoms with Crippen LogP contribution in [0, 0.1) is 5.92 Å². The summed E-state index contributed by atoms with van der Waals surface area (Å²) in [6, 6.07) is 0. The van der Waals surface area contributed by atoms with Crippen molar-refractivity contribution in [1.29, 1.82) is 0 Å². The van der Waals surface area contributed by atoms with Crippen molar-refractivity contribution in [3.05, 3.63) is 38.3 Å². The third kappa shape index (κ3) is 3.33. The van der Waals surface area contributed by atoms with Gasteiger partial charge in [-0.25, -0.2) is 15.0 Å². The number of nitrogens with zero attached hydrogens (tertiary/aromatic N) is 4. The van der Waals surface area contributed by atoms with Gasteiger partial charge in [0.15, 0.2) is 0 Å². The molecule has 2 aliphatic rings. The lowest BCUT2D eigenvalue weighted by Gasteiger charge is -2.27. The highest BCUT2D eigenvalue weighted by atomic mass is 79.9. The van der Waals surface area contributed by atoms with Gasteiger partial charge in [0, 0.05) is 31.1 Å². The van der Waals surface area contributed by atoms with Crippen molar-refractivity contribution in [3.8, 4) is 0 Å². The molecule has 1 aliphatic carbocycles. The third-order valence-corrected chi connectivity index (χ3v) is 5.67. The minimum absolute atomic E-state index is 0.843. The van der Waals surface area contributed by atoms with E-state index >= 15 is 0 Å². The molecule has 0 spiro atoms. The number of rotatable bonds is 4. The molecule has 0 bridgehead atoms. The fourth-order valence-corrected chi connectivity index (χ4v) is 4.07. The van der Waals surface area contributed by atoms with Crippen LogP contribution in [0.15, 0.2) is 16.2 Å². The summed E-state index contributed by atoms with van der Waals surface area (Å²) >= 11 is 5.13. The van der Waals surface area contributed by atoms with Crippen molar-refractivity contribution in [3.63, 3.8) is 0 Å². The van der Waals surface area contributed by atoms with Crippen LogP contribution in [0.3, 0.4) is 0 Å². The van der Waals surface area contributed by atoms with E-state index in [0.29, 0.717) is 0 Å². The van der Waals surface area contributed by atoms with Crippen molar-refractivity contribution in [2.75, 3.05) is 6.54 Å².